The van der Waals surface area contributed by atoms with Gasteiger partial charge in [-0.1, -0.05) is 0 Å². The molecule has 2 atom stereocenters. The lowest BCUT2D eigenvalue weighted by Gasteiger charge is -2.39. The van der Waals surface area contributed by atoms with Crippen LogP contribution >= 0.6 is 11.8 Å². The Morgan fingerprint density at radius 3 is 2.88 bits per heavy atom. The van der Waals surface area contributed by atoms with Gasteiger partial charge in [0.2, 0.25) is 0 Å². The quantitative estimate of drug-likeness (QED) is 0.470. The molecule has 1 aliphatic heterocycles. The zero-order valence-corrected chi connectivity index (χ0v) is 20.0. The minimum atomic E-state index is -0.664. The van der Waals surface area contributed by atoms with Crippen LogP contribution in [-0.4, -0.2) is 58.7 Å². The number of carbonyl (C=O) groups is 1. The first-order valence-corrected chi connectivity index (χ1v) is 13.1. The average Bonchev–Trinajstić information content (AvgIpc) is 3.63. The summed E-state index contributed by atoms with van der Waals surface area (Å²) in [6.07, 6.45) is 10.3. The molecule has 2 unspecified atom stereocenters. The summed E-state index contributed by atoms with van der Waals surface area (Å²) < 4.78 is 5.41. The number of thioether (sulfide) groups is 1. The molecule has 4 rings (SSSR count). The van der Waals surface area contributed by atoms with Crippen LogP contribution < -0.4 is 4.74 Å². The molecule has 174 valence electrons. The van der Waals surface area contributed by atoms with E-state index in [9.17, 15) is 9.90 Å². The number of carboxylic acids is 1. The predicted octanol–water partition coefficient (Wildman–Crippen LogP) is 5.26. The van der Waals surface area contributed by atoms with Crippen molar-refractivity contribution in [2.45, 2.75) is 56.6 Å². The van der Waals surface area contributed by atoms with Crippen molar-refractivity contribution < 1.29 is 14.6 Å². The molecule has 2 heterocycles. The van der Waals surface area contributed by atoms with Gasteiger partial charge in [-0.05, 0) is 93.2 Å². The van der Waals surface area contributed by atoms with E-state index in [1.807, 2.05) is 18.3 Å². The number of methoxy groups -OCH3 is 1. The molecule has 2 aliphatic rings. The van der Waals surface area contributed by atoms with Crippen LogP contribution in [0, 0.1) is 11.8 Å². The van der Waals surface area contributed by atoms with Gasteiger partial charge in [0.25, 0.3) is 0 Å². The van der Waals surface area contributed by atoms with Gasteiger partial charge >= 0.3 is 5.97 Å². The summed E-state index contributed by atoms with van der Waals surface area (Å²) in [5, 5.41) is 11.3. The van der Waals surface area contributed by atoms with Gasteiger partial charge in [-0.3, -0.25) is 9.78 Å². The largest absolute Gasteiger partial charge is 0.497 e. The van der Waals surface area contributed by atoms with Gasteiger partial charge in [0.1, 0.15) is 5.75 Å². The van der Waals surface area contributed by atoms with Gasteiger partial charge in [0, 0.05) is 42.1 Å². The Kier molecular flexibility index (Phi) is 8.31. The zero-order chi connectivity index (χ0) is 22.3. The number of aromatic nitrogens is 1. The van der Waals surface area contributed by atoms with Gasteiger partial charge in [0.05, 0.1) is 12.6 Å². The summed E-state index contributed by atoms with van der Waals surface area (Å²) in [4.78, 5) is 18.3. The maximum Gasteiger partial charge on any atom is 0.303 e. The van der Waals surface area contributed by atoms with Gasteiger partial charge in [-0.15, -0.1) is 0 Å². The average molecular weight is 457 g/mol. The number of ether oxygens (including phenoxy) is 1. The number of piperidine rings is 1. The first kappa shape index (κ1) is 23.4. The Morgan fingerprint density at radius 1 is 1.22 bits per heavy atom. The van der Waals surface area contributed by atoms with E-state index in [0.717, 1.165) is 55.4 Å². The van der Waals surface area contributed by atoms with Crippen LogP contribution in [0.2, 0.25) is 0 Å². The van der Waals surface area contributed by atoms with Crippen molar-refractivity contribution >= 4 is 28.6 Å². The van der Waals surface area contributed by atoms with Crippen LogP contribution in [0.25, 0.3) is 10.9 Å². The fraction of sp³-hybridized carbons (Fsp3) is 0.615. The van der Waals surface area contributed by atoms with Crippen LogP contribution in [0.1, 0.15) is 50.5 Å². The minimum Gasteiger partial charge on any atom is -0.497 e. The molecule has 1 saturated heterocycles. The number of hydrogen-bond acceptors (Lipinski definition) is 5. The van der Waals surface area contributed by atoms with E-state index in [2.05, 4.69) is 33.8 Å². The van der Waals surface area contributed by atoms with Crippen molar-refractivity contribution in [2.24, 2.45) is 11.8 Å². The van der Waals surface area contributed by atoms with E-state index in [1.165, 1.54) is 42.4 Å². The lowest BCUT2D eigenvalue weighted by Crippen LogP contribution is -2.41. The molecule has 1 aliphatic carbocycles. The van der Waals surface area contributed by atoms with Gasteiger partial charge in [-0.25, -0.2) is 0 Å². The highest BCUT2D eigenvalue weighted by Gasteiger charge is 2.29. The van der Waals surface area contributed by atoms with Crippen molar-refractivity contribution in [2.75, 3.05) is 32.5 Å². The van der Waals surface area contributed by atoms with E-state index >= 15 is 0 Å². The predicted molar refractivity (Wildman–Crippen MR) is 132 cm³/mol. The highest BCUT2D eigenvalue weighted by Crippen LogP contribution is 2.35. The monoisotopic (exact) mass is 456 g/mol. The van der Waals surface area contributed by atoms with E-state index < -0.39 is 5.97 Å². The molecule has 6 heteroatoms. The molecular formula is C26H36N2O3S. The van der Waals surface area contributed by atoms with Crippen molar-refractivity contribution in [3.05, 3.63) is 36.0 Å². The highest BCUT2D eigenvalue weighted by atomic mass is 32.2. The van der Waals surface area contributed by atoms with Crippen LogP contribution in [0.4, 0.5) is 0 Å². The smallest absolute Gasteiger partial charge is 0.303 e. The summed E-state index contributed by atoms with van der Waals surface area (Å²) in [7, 11) is 1.70. The molecular weight excluding hydrogens is 420 g/mol. The summed E-state index contributed by atoms with van der Waals surface area (Å²) in [5.41, 5.74) is 2.34. The minimum absolute atomic E-state index is 0.292. The lowest BCUT2D eigenvalue weighted by atomic mass is 9.79. The first-order valence-electron chi connectivity index (χ1n) is 12.1. The second-order valence-corrected chi connectivity index (χ2v) is 10.8. The Balaban J connectivity index is 1.32. The van der Waals surface area contributed by atoms with Crippen molar-refractivity contribution in [1.29, 1.82) is 0 Å². The standard InChI is InChI=1S/C26H36N2O3S/c1-31-22-6-9-25-24(17-22)20(11-13-27-25)4-2-3-19-12-14-28(15-16-32-23-7-8-23)18-21(19)5-10-26(29)30/h6,9,11,13,17,19,21,23H,2-5,7-8,10,12,14-16,18H2,1H3,(H,29,30). The van der Waals surface area contributed by atoms with Crippen LogP contribution in [0.15, 0.2) is 30.5 Å². The molecule has 0 spiro atoms. The second-order valence-electron chi connectivity index (χ2n) is 9.36. The number of benzene rings is 1. The number of aryl methyl sites for hydroxylation is 1. The van der Waals surface area contributed by atoms with Crippen molar-refractivity contribution in [3.63, 3.8) is 0 Å². The van der Waals surface area contributed by atoms with Gasteiger partial charge in [-0.2, -0.15) is 11.8 Å². The molecule has 0 bridgehead atoms. The van der Waals surface area contributed by atoms with Crippen molar-refractivity contribution in [1.82, 2.24) is 9.88 Å². The highest BCUT2D eigenvalue weighted by molar-refractivity contribution is 8.00. The molecule has 2 aromatic rings. The Hall–Kier alpha value is -1.79. The maximum absolute atomic E-state index is 11.2. The van der Waals surface area contributed by atoms with Gasteiger partial charge < -0.3 is 14.7 Å². The Morgan fingerprint density at radius 2 is 2.09 bits per heavy atom. The number of rotatable bonds is 12. The molecule has 1 aromatic carbocycles. The third-order valence-electron chi connectivity index (χ3n) is 7.05. The second kappa shape index (κ2) is 11.4. The fourth-order valence-corrected chi connectivity index (χ4v) is 6.21. The Bertz CT molecular complexity index is 902. The molecule has 1 saturated carbocycles. The van der Waals surface area contributed by atoms with Crippen LogP contribution in [0.5, 0.6) is 5.75 Å². The molecule has 0 amide bonds. The molecule has 2 fully saturated rings. The number of fused-ring (bicyclic) bond motifs is 1. The maximum atomic E-state index is 11.2. The summed E-state index contributed by atoms with van der Waals surface area (Å²) >= 11 is 2.12. The number of likely N-dealkylation sites (tertiary alicyclic amines) is 1. The zero-order valence-electron chi connectivity index (χ0n) is 19.2. The van der Waals surface area contributed by atoms with Crippen LogP contribution in [0.3, 0.4) is 0 Å². The van der Waals surface area contributed by atoms with E-state index in [4.69, 9.17) is 4.74 Å². The van der Waals surface area contributed by atoms with E-state index in [1.54, 1.807) is 7.11 Å². The SMILES string of the molecule is COc1ccc2nccc(CCCC3CCN(CCSC4CC4)CC3CCC(=O)O)c2c1. The summed E-state index contributed by atoms with van der Waals surface area (Å²) in [6.45, 7) is 3.38. The van der Waals surface area contributed by atoms with E-state index in [-0.39, 0.29) is 0 Å². The van der Waals surface area contributed by atoms with Crippen LogP contribution in [-0.2, 0) is 11.2 Å². The number of nitrogens with zero attached hydrogens (tertiary/aromatic N) is 2. The Labute approximate surface area is 195 Å². The number of pyridine rings is 1. The molecule has 32 heavy (non-hydrogen) atoms. The third kappa shape index (κ3) is 6.61. The number of carboxylic acid groups (broad SMARTS) is 1. The first-order chi connectivity index (χ1) is 15.6. The van der Waals surface area contributed by atoms with Gasteiger partial charge in [0.15, 0.2) is 0 Å². The molecule has 1 N–H and O–H groups in total. The molecule has 0 radical (unpaired) electrons. The van der Waals surface area contributed by atoms with E-state index in [0.29, 0.717) is 18.3 Å². The molecule has 1 aromatic heterocycles. The van der Waals surface area contributed by atoms with Crippen molar-refractivity contribution in [3.8, 4) is 5.75 Å². The fourth-order valence-electron chi connectivity index (χ4n) is 5.04. The topological polar surface area (TPSA) is 62.7 Å². The molecule has 5 nitrogen and oxygen atoms in total. The summed E-state index contributed by atoms with van der Waals surface area (Å²) in [5.74, 6) is 2.55. The normalized spacial score (nSPS) is 21.7. The number of aliphatic carboxylic acids is 1. The number of hydrogen-bond donors (Lipinski definition) is 1. The lowest BCUT2D eigenvalue weighted by molar-refractivity contribution is -0.137. The summed E-state index contributed by atoms with van der Waals surface area (Å²) in [6, 6.07) is 8.20. The third-order valence-corrected chi connectivity index (χ3v) is 8.41.